The van der Waals surface area contributed by atoms with Crippen molar-refractivity contribution in [3.8, 4) is 0 Å². The van der Waals surface area contributed by atoms with Gasteiger partial charge < -0.3 is 9.64 Å². The minimum Gasteiger partial charge on any atom is -0.377 e. The van der Waals surface area contributed by atoms with Gasteiger partial charge in [-0.2, -0.15) is 5.10 Å². The van der Waals surface area contributed by atoms with Crippen LogP contribution in [-0.4, -0.2) is 46.8 Å². The standard InChI is InChI=1S/C15H25N3O2/c1-4-20-13-6-5-7-18(10-13)15(19)14-9-12(16-17-14)8-11(2)3/h9,11,13H,4-8,10H2,1-3H3,(H,16,17)/t13-/m0/s1. The summed E-state index contributed by atoms with van der Waals surface area (Å²) in [6, 6.07) is 1.88. The summed E-state index contributed by atoms with van der Waals surface area (Å²) in [5.74, 6) is 0.566. The molecule has 0 bridgehead atoms. The van der Waals surface area contributed by atoms with Crippen LogP contribution in [-0.2, 0) is 11.2 Å². The van der Waals surface area contributed by atoms with Crippen LogP contribution in [0.4, 0.5) is 0 Å². The number of likely N-dealkylation sites (tertiary alicyclic amines) is 1. The molecule has 0 radical (unpaired) electrons. The number of carbonyl (C=O) groups excluding carboxylic acids is 1. The van der Waals surface area contributed by atoms with Crippen molar-refractivity contribution < 1.29 is 9.53 Å². The molecular formula is C15H25N3O2. The predicted molar refractivity (Wildman–Crippen MR) is 77.7 cm³/mol. The number of piperidine rings is 1. The smallest absolute Gasteiger partial charge is 0.274 e. The lowest BCUT2D eigenvalue weighted by Gasteiger charge is -2.32. The molecule has 5 nitrogen and oxygen atoms in total. The van der Waals surface area contributed by atoms with Crippen LogP contribution in [0, 0.1) is 5.92 Å². The van der Waals surface area contributed by atoms with E-state index in [9.17, 15) is 4.79 Å². The van der Waals surface area contributed by atoms with E-state index in [0.29, 0.717) is 24.8 Å². The van der Waals surface area contributed by atoms with Crippen molar-refractivity contribution in [3.05, 3.63) is 17.5 Å². The molecule has 112 valence electrons. The second-order valence-corrected chi connectivity index (χ2v) is 5.85. The summed E-state index contributed by atoms with van der Waals surface area (Å²) in [6.45, 7) is 8.48. The maximum absolute atomic E-state index is 12.4. The van der Waals surface area contributed by atoms with Crippen molar-refractivity contribution in [2.45, 2.75) is 46.1 Å². The van der Waals surface area contributed by atoms with Gasteiger partial charge in [-0.05, 0) is 38.2 Å². The fourth-order valence-corrected chi connectivity index (χ4v) is 2.67. The molecule has 5 heteroatoms. The van der Waals surface area contributed by atoms with E-state index in [1.807, 2.05) is 17.9 Å². The highest BCUT2D eigenvalue weighted by molar-refractivity contribution is 5.92. The lowest BCUT2D eigenvalue weighted by molar-refractivity contribution is 0.00703. The Hall–Kier alpha value is -1.36. The van der Waals surface area contributed by atoms with Crippen molar-refractivity contribution in [3.63, 3.8) is 0 Å². The third-order valence-electron chi connectivity index (χ3n) is 3.55. The number of nitrogens with one attached hydrogen (secondary N) is 1. The first-order valence-electron chi connectivity index (χ1n) is 7.55. The van der Waals surface area contributed by atoms with Crippen LogP contribution in [0.5, 0.6) is 0 Å². The summed E-state index contributed by atoms with van der Waals surface area (Å²) in [6.07, 6.45) is 3.13. The Morgan fingerprint density at radius 3 is 3.10 bits per heavy atom. The lowest BCUT2D eigenvalue weighted by atomic mass is 10.1. The second-order valence-electron chi connectivity index (χ2n) is 5.85. The van der Waals surface area contributed by atoms with Gasteiger partial charge in [0.1, 0.15) is 5.69 Å². The first-order chi connectivity index (χ1) is 9.60. The molecule has 1 atom stereocenters. The Balaban J connectivity index is 1.97. The van der Waals surface area contributed by atoms with Crippen LogP contribution in [0.2, 0.25) is 0 Å². The number of aromatic nitrogens is 2. The number of ether oxygens (including phenoxy) is 1. The van der Waals surface area contributed by atoms with Crippen molar-refractivity contribution in [1.29, 1.82) is 0 Å². The van der Waals surface area contributed by atoms with Gasteiger partial charge in [-0.1, -0.05) is 13.8 Å². The molecule has 2 rings (SSSR count). The van der Waals surface area contributed by atoms with Gasteiger partial charge in [0.2, 0.25) is 0 Å². The highest BCUT2D eigenvalue weighted by atomic mass is 16.5. The fourth-order valence-electron chi connectivity index (χ4n) is 2.67. The van der Waals surface area contributed by atoms with Gasteiger partial charge in [0.15, 0.2) is 0 Å². The SMILES string of the molecule is CCO[C@H]1CCCN(C(=O)c2cc(CC(C)C)[nH]n2)C1. The molecule has 0 aliphatic carbocycles. The van der Waals surface area contributed by atoms with E-state index < -0.39 is 0 Å². The monoisotopic (exact) mass is 279 g/mol. The van der Waals surface area contributed by atoms with Crippen LogP contribution in [0.25, 0.3) is 0 Å². The molecule has 0 spiro atoms. The molecule has 1 aromatic rings. The number of amides is 1. The van der Waals surface area contributed by atoms with Gasteiger partial charge in [0, 0.05) is 25.4 Å². The van der Waals surface area contributed by atoms with Gasteiger partial charge in [0.25, 0.3) is 5.91 Å². The number of aromatic amines is 1. The quantitative estimate of drug-likeness (QED) is 0.899. The Kier molecular flexibility index (Phi) is 5.17. The van der Waals surface area contributed by atoms with E-state index in [1.54, 1.807) is 0 Å². The molecular weight excluding hydrogens is 254 g/mol. The minimum atomic E-state index is 0.0145. The van der Waals surface area contributed by atoms with Crippen LogP contribution < -0.4 is 0 Å². The average molecular weight is 279 g/mol. The zero-order valence-electron chi connectivity index (χ0n) is 12.7. The van der Waals surface area contributed by atoms with E-state index in [-0.39, 0.29) is 12.0 Å². The molecule has 1 saturated heterocycles. The number of carbonyl (C=O) groups is 1. The molecule has 0 saturated carbocycles. The van der Waals surface area contributed by atoms with Gasteiger partial charge in [0.05, 0.1) is 6.10 Å². The van der Waals surface area contributed by atoms with E-state index in [1.165, 1.54) is 0 Å². The van der Waals surface area contributed by atoms with E-state index in [0.717, 1.165) is 31.5 Å². The van der Waals surface area contributed by atoms with E-state index in [2.05, 4.69) is 24.0 Å². The van der Waals surface area contributed by atoms with Gasteiger partial charge in [-0.15, -0.1) is 0 Å². The van der Waals surface area contributed by atoms with Crippen molar-refractivity contribution in [2.24, 2.45) is 5.92 Å². The van der Waals surface area contributed by atoms with Gasteiger partial charge in [-0.3, -0.25) is 9.89 Å². The predicted octanol–water partition coefficient (Wildman–Crippen LogP) is 2.25. The molecule has 1 aromatic heterocycles. The Morgan fingerprint density at radius 2 is 2.40 bits per heavy atom. The number of hydrogen-bond acceptors (Lipinski definition) is 3. The number of rotatable bonds is 5. The van der Waals surface area contributed by atoms with Crippen molar-refractivity contribution >= 4 is 5.91 Å². The maximum Gasteiger partial charge on any atom is 0.274 e. The summed E-state index contributed by atoms with van der Waals surface area (Å²) in [7, 11) is 0. The Morgan fingerprint density at radius 1 is 1.60 bits per heavy atom. The normalized spacial score (nSPS) is 19.6. The zero-order valence-corrected chi connectivity index (χ0v) is 12.7. The minimum absolute atomic E-state index is 0.0145. The second kappa shape index (κ2) is 6.88. The highest BCUT2D eigenvalue weighted by Gasteiger charge is 2.26. The summed E-state index contributed by atoms with van der Waals surface area (Å²) < 4.78 is 5.63. The molecule has 1 N–H and O–H groups in total. The molecule has 20 heavy (non-hydrogen) atoms. The average Bonchev–Trinajstić information content (AvgIpc) is 2.86. The first-order valence-corrected chi connectivity index (χ1v) is 7.55. The lowest BCUT2D eigenvalue weighted by Crippen LogP contribution is -2.43. The first kappa shape index (κ1) is 15.0. The van der Waals surface area contributed by atoms with Gasteiger partial charge >= 0.3 is 0 Å². The number of H-pyrrole nitrogens is 1. The third kappa shape index (κ3) is 3.82. The largest absolute Gasteiger partial charge is 0.377 e. The molecule has 1 aliphatic heterocycles. The van der Waals surface area contributed by atoms with Crippen LogP contribution in [0.15, 0.2) is 6.07 Å². The fraction of sp³-hybridized carbons (Fsp3) is 0.733. The zero-order chi connectivity index (χ0) is 14.5. The number of nitrogens with zero attached hydrogens (tertiary/aromatic N) is 2. The summed E-state index contributed by atoms with van der Waals surface area (Å²) >= 11 is 0. The van der Waals surface area contributed by atoms with Crippen LogP contribution in [0.1, 0.15) is 49.8 Å². The van der Waals surface area contributed by atoms with E-state index >= 15 is 0 Å². The molecule has 2 heterocycles. The van der Waals surface area contributed by atoms with Gasteiger partial charge in [-0.25, -0.2) is 0 Å². The summed E-state index contributed by atoms with van der Waals surface area (Å²) in [5.41, 5.74) is 1.56. The Labute approximate surface area is 120 Å². The number of hydrogen-bond donors (Lipinski definition) is 1. The third-order valence-corrected chi connectivity index (χ3v) is 3.55. The Bertz CT molecular complexity index is 440. The summed E-state index contributed by atoms with van der Waals surface area (Å²) in [4.78, 5) is 14.3. The van der Waals surface area contributed by atoms with Crippen molar-refractivity contribution in [1.82, 2.24) is 15.1 Å². The topological polar surface area (TPSA) is 58.2 Å². The van der Waals surface area contributed by atoms with Crippen molar-refractivity contribution in [2.75, 3.05) is 19.7 Å². The molecule has 1 amide bonds. The highest BCUT2D eigenvalue weighted by Crippen LogP contribution is 2.16. The van der Waals surface area contributed by atoms with Crippen LogP contribution in [0.3, 0.4) is 0 Å². The molecule has 0 aromatic carbocycles. The molecule has 1 aliphatic rings. The van der Waals surface area contributed by atoms with Crippen LogP contribution >= 0.6 is 0 Å². The summed E-state index contributed by atoms with van der Waals surface area (Å²) in [5, 5.41) is 7.12. The van der Waals surface area contributed by atoms with E-state index in [4.69, 9.17) is 4.74 Å². The molecule has 0 unspecified atom stereocenters. The molecule has 1 fully saturated rings. The maximum atomic E-state index is 12.4.